The monoisotopic (exact) mass is 422 g/mol. The largest absolute Gasteiger partial charge is 0.481 e. The van der Waals surface area contributed by atoms with Gasteiger partial charge in [-0.05, 0) is 31.2 Å². The molecular formula is C18H12Cl2N2O4S. The SMILES string of the molecule is CC1(CC(=O)O)Oc2ccccc2N(c2nc3ccc(Cl)c(Cl)c3s2)C1=O. The summed E-state index contributed by atoms with van der Waals surface area (Å²) in [6.07, 6.45) is -0.478. The molecule has 2 aromatic carbocycles. The Kier molecular flexibility index (Phi) is 4.25. The number of fused-ring (bicyclic) bond motifs is 2. The van der Waals surface area contributed by atoms with E-state index < -0.39 is 23.9 Å². The predicted molar refractivity (Wildman–Crippen MR) is 105 cm³/mol. The van der Waals surface area contributed by atoms with Gasteiger partial charge in [-0.15, -0.1) is 0 Å². The van der Waals surface area contributed by atoms with Crippen molar-refractivity contribution in [2.75, 3.05) is 4.90 Å². The number of thiazole rings is 1. The van der Waals surface area contributed by atoms with Crippen molar-refractivity contribution in [3.8, 4) is 5.75 Å². The molecule has 1 aromatic heterocycles. The lowest BCUT2D eigenvalue weighted by Gasteiger charge is -2.38. The van der Waals surface area contributed by atoms with Crippen LogP contribution in [0, 0.1) is 0 Å². The third-order valence-corrected chi connectivity index (χ3v) is 6.21. The summed E-state index contributed by atoms with van der Waals surface area (Å²) in [5.74, 6) is -1.24. The summed E-state index contributed by atoms with van der Waals surface area (Å²) in [6, 6.07) is 10.3. The molecule has 0 saturated carbocycles. The molecular weight excluding hydrogens is 411 g/mol. The van der Waals surface area contributed by atoms with Crippen molar-refractivity contribution in [2.45, 2.75) is 18.9 Å². The highest BCUT2D eigenvalue weighted by Crippen LogP contribution is 2.46. The third-order valence-electron chi connectivity index (χ3n) is 4.22. The number of carboxylic acids is 1. The number of aliphatic carboxylic acids is 1. The molecule has 138 valence electrons. The number of ether oxygens (including phenoxy) is 1. The zero-order valence-corrected chi connectivity index (χ0v) is 16.2. The Labute approximate surface area is 167 Å². The van der Waals surface area contributed by atoms with Crippen molar-refractivity contribution in [2.24, 2.45) is 0 Å². The molecule has 1 N–H and O–H groups in total. The van der Waals surface area contributed by atoms with Crippen LogP contribution in [0.1, 0.15) is 13.3 Å². The Bertz CT molecular complexity index is 1100. The molecule has 1 aliphatic heterocycles. The first kappa shape index (κ1) is 18.0. The molecule has 0 fully saturated rings. The van der Waals surface area contributed by atoms with Crippen LogP contribution in [0.2, 0.25) is 10.0 Å². The van der Waals surface area contributed by atoms with Crippen LogP contribution in [0.4, 0.5) is 10.8 Å². The average molecular weight is 423 g/mol. The Hall–Kier alpha value is -2.35. The molecule has 0 spiro atoms. The van der Waals surface area contributed by atoms with Crippen molar-refractivity contribution in [1.29, 1.82) is 0 Å². The molecule has 1 aliphatic rings. The normalized spacial score (nSPS) is 19.1. The molecule has 1 unspecified atom stereocenters. The van der Waals surface area contributed by atoms with Gasteiger partial charge < -0.3 is 9.84 Å². The number of carbonyl (C=O) groups is 2. The highest BCUT2D eigenvalue weighted by atomic mass is 35.5. The first-order valence-electron chi connectivity index (χ1n) is 7.89. The number of rotatable bonds is 3. The van der Waals surface area contributed by atoms with Crippen LogP contribution in [-0.4, -0.2) is 27.6 Å². The fourth-order valence-corrected chi connectivity index (χ4v) is 4.48. The molecule has 0 radical (unpaired) electrons. The van der Waals surface area contributed by atoms with Crippen LogP contribution in [0.15, 0.2) is 36.4 Å². The molecule has 0 bridgehead atoms. The molecule has 2 heterocycles. The van der Waals surface area contributed by atoms with E-state index in [4.69, 9.17) is 27.9 Å². The molecule has 4 rings (SSSR count). The van der Waals surface area contributed by atoms with E-state index in [9.17, 15) is 14.7 Å². The van der Waals surface area contributed by atoms with Gasteiger partial charge in [0.25, 0.3) is 5.91 Å². The zero-order chi connectivity index (χ0) is 19.3. The van der Waals surface area contributed by atoms with Crippen molar-refractivity contribution in [3.63, 3.8) is 0 Å². The van der Waals surface area contributed by atoms with Crippen molar-refractivity contribution >= 4 is 67.5 Å². The molecule has 6 nitrogen and oxygen atoms in total. The number of anilines is 2. The topological polar surface area (TPSA) is 79.7 Å². The van der Waals surface area contributed by atoms with Crippen molar-refractivity contribution in [3.05, 3.63) is 46.4 Å². The fraction of sp³-hybridized carbons (Fsp3) is 0.167. The van der Waals surface area contributed by atoms with Crippen molar-refractivity contribution in [1.82, 2.24) is 4.98 Å². The minimum Gasteiger partial charge on any atom is -0.481 e. The van der Waals surface area contributed by atoms with Crippen LogP contribution < -0.4 is 9.64 Å². The van der Waals surface area contributed by atoms with Gasteiger partial charge in [-0.1, -0.05) is 46.7 Å². The molecule has 9 heteroatoms. The predicted octanol–water partition coefficient (Wildman–Crippen LogP) is 4.89. The smallest absolute Gasteiger partial charge is 0.307 e. The number of benzene rings is 2. The number of carbonyl (C=O) groups excluding carboxylic acids is 1. The van der Waals surface area contributed by atoms with Crippen LogP contribution in [0.5, 0.6) is 5.75 Å². The molecule has 3 aromatic rings. The number of aromatic nitrogens is 1. The molecule has 1 amide bonds. The van der Waals surface area contributed by atoms with E-state index in [0.717, 1.165) is 0 Å². The molecule has 0 saturated heterocycles. The summed E-state index contributed by atoms with van der Waals surface area (Å²) >= 11 is 13.6. The van der Waals surface area contributed by atoms with Gasteiger partial charge in [-0.25, -0.2) is 9.88 Å². The van der Waals surface area contributed by atoms with Gasteiger partial charge in [0.15, 0.2) is 10.7 Å². The highest BCUT2D eigenvalue weighted by Gasteiger charge is 2.47. The summed E-state index contributed by atoms with van der Waals surface area (Å²) < 4.78 is 6.42. The first-order chi connectivity index (χ1) is 12.8. The Morgan fingerprint density at radius 1 is 1.30 bits per heavy atom. The second-order valence-corrected chi connectivity index (χ2v) is 7.98. The van der Waals surface area contributed by atoms with Gasteiger partial charge in [0.2, 0.25) is 0 Å². The quantitative estimate of drug-likeness (QED) is 0.649. The first-order valence-corrected chi connectivity index (χ1v) is 9.46. The highest BCUT2D eigenvalue weighted by molar-refractivity contribution is 7.23. The lowest BCUT2D eigenvalue weighted by Crippen LogP contribution is -2.53. The van der Waals surface area contributed by atoms with Gasteiger partial charge in [0.05, 0.1) is 32.4 Å². The number of hydrogen-bond donors (Lipinski definition) is 1. The van der Waals surface area contributed by atoms with Gasteiger partial charge in [-0.2, -0.15) is 0 Å². The number of nitrogens with zero attached hydrogens (tertiary/aromatic N) is 2. The Morgan fingerprint density at radius 2 is 2.04 bits per heavy atom. The van der Waals surface area contributed by atoms with E-state index >= 15 is 0 Å². The van der Waals surface area contributed by atoms with Gasteiger partial charge >= 0.3 is 5.97 Å². The maximum Gasteiger partial charge on any atom is 0.307 e. The van der Waals surface area contributed by atoms with Crippen LogP contribution in [0.25, 0.3) is 10.2 Å². The zero-order valence-electron chi connectivity index (χ0n) is 13.9. The Balaban J connectivity index is 1.91. The van der Waals surface area contributed by atoms with Crippen molar-refractivity contribution < 1.29 is 19.4 Å². The van der Waals surface area contributed by atoms with E-state index in [1.165, 1.54) is 23.2 Å². The lowest BCUT2D eigenvalue weighted by molar-refractivity contribution is -0.148. The van der Waals surface area contributed by atoms with E-state index in [1.54, 1.807) is 36.4 Å². The maximum atomic E-state index is 13.2. The van der Waals surface area contributed by atoms with E-state index in [-0.39, 0.29) is 0 Å². The van der Waals surface area contributed by atoms with Gasteiger partial charge in [0, 0.05) is 0 Å². The second kappa shape index (κ2) is 6.37. The molecule has 1 atom stereocenters. The van der Waals surface area contributed by atoms with Crippen LogP contribution >= 0.6 is 34.5 Å². The van der Waals surface area contributed by atoms with E-state index in [2.05, 4.69) is 4.98 Å². The van der Waals surface area contributed by atoms with Crippen LogP contribution in [0.3, 0.4) is 0 Å². The number of para-hydroxylation sites is 2. The number of hydrogen-bond acceptors (Lipinski definition) is 5. The second-order valence-electron chi connectivity index (χ2n) is 6.22. The minimum absolute atomic E-state index is 0.361. The average Bonchev–Trinajstić information content (AvgIpc) is 3.03. The van der Waals surface area contributed by atoms with E-state index in [0.29, 0.717) is 36.8 Å². The molecule has 27 heavy (non-hydrogen) atoms. The fourth-order valence-electron chi connectivity index (χ4n) is 2.97. The lowest BCUT2D eigenvalue weighted by atomic mass is 9.97. The minimum atomic E-state index is -1.56. The number of carboxylic acid groups (broad SMARTS) is 1. The summed E-state index contributed by atoms with van der Waals surface area (Å²) in [4.78, 5) is 30.4. The van der Waals surface area contributed by atoms with Gasteiger partial charge in [-0.3, -0.25) is 9.59 Å². The number of amides is 1. The standard InChI is InChI=1S/C18H12Cl2N2O4S/c1-18(8-13(23)24)16(25)22(11-4-2-3-5-12(11)26-18)17-21-10-7-6-9(19)14(20)15(10)27-17/h2-7H,8H2,1H3,(H,23,24). The van der Waals surface area contributed by atoms with Gasteiger partial charge in [0.1, 0.15) is 5.75 Å². The summed E-state index contributed by atoms with van der Waals surface area (Å²) in [7, 11) is 0. The maximum absolute atomic E-state index is 13.2. The summed E-state index contributed by atoms with van der Waals surface area (Å²) in [5.41, 5.74) is -0.466. The summed E-state index contributed by atoms with van der Waals surface area (Å²) in [6.45, 7) is 1.46. The van der Waals surface area contributed by atoms with E-state index in [1.807, 2.05) is 0 Å². The summed E-state index contributed by atoms with van der Waals surface area (Å²) in [5, 5.41) is 10.4. The van der Waals surface area contributed by atoms with Crippen LogP contribution in [-0.2, 0) is 9.59 Å². The molecule has 0 aliphatic carbocycles. The number of halogens is 2. The Morgan fingerprint density at radius 3 is 2.78 bits per heavy atom. The third kappa shape index (κ3) is 2.92.